The van der Waals surface area contributed by atoms with Crippen molar-refractivity contribution < 1.29 is 14.7 Å². The first-order valence-electron chi connectivity index (χ1n) is 5.82. The number of carbonyl (C=O) groups excluding carboxylic acids is 1. The van der Waals surface area contributed by atoms with Gasteiger partial charge in [0, 0.05) is 17.1 Å². The molecule has 0 heterocycles. The molecule has 1 saturated carbocycles. The predicted octanol–water partition coefficient (Wildman–Crippen LogP) is 2.42. The monoisotopic (exact) mass is 267 g/mol. The van der Waals surface area contributed by atoms with Crippen LogP contribution < -0.4 is 0 Å². The normalized spacial score (nSPS) is 16.1. The van der Waals surface area contributed by atoms with E-state index in [2.05, 4.69) is 0 Å². The number of amides is 1. The molecule has 1 fully saturated rings. The van der Waals surface area contributed by atoms with Crippen LogP contribution in [0.4, 0.5) is 0 Å². The number of nitrogens with zero attached hydrogens (tertiary/aromatic N) is 1. The SMILES string of the molecule is CCN(C(=O)c1ccc(Cl)cc1)C1(C(=O)O)CC1. The Morgan fingerprint density at radius 1 is 1.33 bits per heavy atom. The van der Waals surface area contributed by atoms with E-state index in [0.29, 0.717) is 30.0 Å². The molecule has 4 nitrogen and oxygen atoms in total. The summed E-state index contributed by atoms with van der Waals surface area (Å²) in [5, 5.41) is 9.78. The molecule has 0 aliphatic heterocycles. The van der Waals surface area contributed by atoms with Gasteiger partial charge in [0.15, 0.2) is 0 Å². The van der Waals surface area contributed by atoms with Crippen LogP contribution in [0, 0.1) is 0 Å². The molecule has 1 aromatic rings. The zero-order valence-electron chi connectivity index (χ0n) is 10.0. The van der Waals surface area contributed by atoms with Crippen LogP contribution in [-0.2, 0) is 4.79 Å². The van der Waals surface area contributed by atoms with Gasteiger partial charge in [0.25, 0.3) is 5.91 Å². The van der Waals surface area contributed by atoms with Gasteiger partial charge in [-0.15, -0.1) is 0 Å². The molecule has 96 valence electrons. The van der Waals surface area contributed by atoms with Crippen LogP contribution in [0.3, 0.4) is 0 Å². The Balaban J connectivity index is 2.26. The van der Waals surface area contributed by atoms with E-state index in [1.54, 1.807) is 31.2 Å². The van der Waals surface area contributed by atoms with E-state index in [-0.39, 0.29) is 5.91 Å². The first-order chi connectivity index (χ1) is 8.51. The molecule has 18 heavy (non-hydrogen) atoms. The quantitative estimate of drug-likeness (QED) is 0.911. The Morgan fingerprint density at radius 3 is 2.28 bits per heavy atom. The summed E-state index contributed by atoms with van der Waals surface area (Å²) in [7, 11) is 0. The second-order valence-electron chi connectivity index (χ2n) is 4.39. The van der Waals surface area contributed by atoms with Crippen molar-refractivity contribution in [3.8, 4) is 0 Å². The molecule has 0 bridgehead atoms. The summed E-state index contributed by atoms with van der Waals surface area (Å²) < 4.78 is 0. The summed E-state index contributed by atoms with van der Waals surface area (Å²) in [6, 6.07) is 6.49. The first-order valence-corrected chi connectivity index (χ1v) is 6.20. The topological polar surface area (TPSA) is 57.6 Å². The second kappa shape index (κ2) is 4.61. The summed E-state index contributed by atoms with van der Waals surface area (Å²) in [4.78, 5) is 25.0. The number of benzene rings is 1. The van der Waals surface area contributed by atoms with E-state index < -0.39 is 11.5 Å². The highest BCUT2D eigenvalue weighted by Crippen LogP contribution is 2.42. The third-order valence-corrected chi connectivity index (χ3v) is 3.54. The molecule has 1 amide bonds. The Morgan fingerprint density at radius 2 is 1.89 bits per heavy atom. The number of carbonyl (C=O) groups is 2. The zero-order valence-corrected chi connectivity index (χ0v) is 10.8. The van der Waals surface area contributed by atoms with Gasteiger partial charge < -0.3 is 10.0 Å². The number of carboxylic acids is 1. The molecule has 5 heteroatoms. The second-order valence-corrected chi connectivity index (χ2v) is 4.83. The van der Waals surface area contributed by atoms with Gasteiger partial charge in [-0.2, -0.15) is 0 Å². The molecule has 0 unspecified atom stereocenters. The van der Waals surface area contributed by atoms with Gasteiger partial charge in [0.05, 0.1) is 0 Å². The summed E-state index contributed by atoms with van der Waals surface area (Å²) >= 11 is 5.76. The number of hydrogen-bond acceptors (Lipinski definition) is 2. The fourth-order valence-corrected chi connectivity index (χ4v) is 2.23. The first kappa shape index (κ1) is 12.9. The number of aliphatic carboxylic acids is 1. The smallest absolute Gasteiger partial charge is 0.329 e. The molecular weight excluding hydrogens is 254 g/mol. The lowest BCUT2D eigenvalue weighted by molar-refractivity contribution is -0.144. The zero-order chi connectivity index (χ0) is 13.3. The Kier molecular flexibility index (Phi) is 3.30. The van der Waals surface area contributed by atoms with E-state index in [0.717, 1.165) is 0 Å². The van der Waals surface area contributed by atoms with Crippen LogP contribution >= 0.6 is 11.6 Å². The van der Waals surface area contributed by atoms with Crippen LogP contribution in [0.5, 0.6) is 0 Å². The molecule has 1 N–H and O–H groups in total. The van der Waals surface area contributed by atoms with Gasteiger partial charge in [-0.3, -0.25) is 4.79 Å². The van der Waals surface area contributed by atoms with Crippen molar-refractivity contribution in [3.63, 3.8) is 0 Å². The Labute approximate surface area is 110 Å². The standard InChI is InChI=1S/C13H14ClNO3/c1-2-15(13(7-8-13)12(17)18)11(16)9-3-5-10(14)6-4-9/h3-6H,2,7-8H2,1H3,(H,17,18). The lowest BCUT2D eigenvalue weighted by Gasteiger charge is -2.27. The number of halogens is 1. The molecule has 0 aromatic heterocycles. The van der Waals surface area contributed by atoms with Crippen molar-refractivity contribution in [1.82, 2.24) is 4.90 Å². The van der Waals surface area contributed by atoms with E-state index in [9.17, 15) is 14.7 Å². The highest BCUT2D eigenvalue weighted by atomic mass is 35.5. The summed E-state index contributed by atoms with van der Waals surface area (Å²) in [6.07, 6.45) is 1.05. The lowest BCUT2D eigenvalue weighted by Crippen LogP contribution is -2.47. The fraction of sp³-hybridized carbons (Fsp3) is 0.385. The van der Waals surface area contributed by atoms with Crippen molar-refractivity contribution in [3.05, 3.63) is 34.9 Å². The summed E-state index contributed by atoms with van der Waals surface area (Å²) in [5.41, 5.74) is -0.528. The molecule has 0 radical (unpaired) electrons. The van der Waals surface area contributed by atoms with Crippen molar-refractivity contribution in [2.45, 2.75) is 25.3 Å². The largest absolute Gasteiger partial charge is 0.479 e. The molecule has 1 aliphatic rings. The van der Waals surface area contributed by atoms with Crippen molar-refractivity contribution in [2.75, 3.05) is 6.54 Å². The maximum absolute atomic E-state index is 12.3. The van der Waals surface area contributed by atoms with Crippen LogP contribution in [0.25, 0.3) is 0 Å². The molecule has 2 rings (SSSR count). The Hall–Kier alpha value is -1.55. The van der Waals surface area contributed by atoms with Gasteiger partial charge in [0.2, 0.25) is 0 Å². The molecule has 0 atom stereocenters. The van der Waals surface area contributed by atoms with Gasteiger partial charge in [0.1, 0.15) is 5.54 Å². The molecule has 0 spiro atoms. The van der Waals surface area contributed by atoms with Crippen LogP contribution in [0.2, 0.25) is 5.02 Å². The minimum Gasteiger partial charge on any atom is -0.479 e. The maximum Gasteiger partial charge on any atom is 0.329 e. The number of carboxylic acid groups (broad SMARTS) is 1. The van der Waals surface area contributed by atoms with Gasteiger partial charge >= 0.3 is 5.97 Å². The minimum atomic E-state index is -0.995. The van der Waals surface area contributed by atoms with Crippen LogP contribution in [0.1, 0.15) is 30.1 Å². The molecule has 0 saturated heterocycles. The average molecular weight is 268 g/mol. The van der Waals surface area contributed by atoms with E-state index in [1.165, 1.54) is 4.90 Å². The van der Waals surface area contributed by atoms with Gasteiger partial charge in [-0.1, -0.05) is 11.6 Å². The number of hydrogen-bond donors (Lipinski definition) is 1. The van der Waals surface area contributed by atoms with Gasteiger partial charge in [-0.25, -0.2) is 4.79 Å². The summed E-state index contributed by atoms with van der Waals surface area (Å²) in [6.45, 7) is 2.17. The van der Waals surface area contributed by atoms with Crippen LogP contribution in [0.15, 0.2) is 24.3 Å². The van der Waals surface area contributed by atoms with Crippen molar-refractivity contribution in [2.24, 2.45) is 0 Å². The predicted molar refractivity (Wildman–Crippen MR) is 67.8 cm³/mol. The minimum absolute atomic E-state index is 0.255. The van der Waals surface area contributed by atoms with E-state index >= 15 is 0 Å². The summed E-state index contributed by atoms with van der Waals surface area (Å²) in [5.74, 6) is -1.18. The average Bonchev–Trinajstić information content (AvgIpc) is 3.12. The maximum atomic E-state index is 12.3. The molecular formula is C13H14ClNO3. The third kappa shape index (κ3) is 2.08. The highest BCUT2D eigenvalue weighted by molar-refractivity contribution is 6.30. The van der Waals surface area contributed by atoms with E-state index in [1.807, 2.05) is 0 Å². The molecule has 1 aliphatic carbocycles. The molecule has 1 aromatic carbocycles. The van der Waals surface area contributed by atoms with E-state index in [4.69, 9.17) is 11.6 Å². The highest BCUT2D eigenvalue weighted by Gasteiger charge is 2.56. The number of rotatable bonds is 4. The van der Waals surface area contributed by atoms with Gasteiger partial charge in [-0.05, 0) is 44.0 Å². The van der Waals surface area contributed by atoms with Crippen molar-refractivity contribution in [1.29, 1.82) is 0 Å². The van der Waals surface area contributed by atoms with Crippen LogP contribution in [-0.4, -0.2) is 34.0 Å². The number of likely N-dealkylation sites (N-methyl/N-ethyl adjacent to an activating group) is 1. The Bertz CT molecular complexity index is 480. The lowest BCUT2D eigenvalue weighted by atomic mass is 10.1. The third-order valence-electron chi connectivity index (χ3n) is 3.29. The van der Waals surface area contributed by atoms with Crippen molar-refractivity contribution >= 4 is 23.5 Å². The fourth-order valence-electron chi connectivity index (χ4n) is 2.11.